The minimum atomic E-state index is 0.513. The van der Waals surface area contributed by atoms with E-state index < -0.39 is 0 Å². The standard InChI is InChI=1S/C17H21ClN2O/c1-4-19-10-14-9-17(20-11-16(14)18)21-15-7-5-13(6-8-15)12(2)3/h5-9,11-12,19H,4,10H2,1-3H3. The highest BCUT2D eigenvalue weighted by Gasteiger charge is 2.06. The van der Waals surface area contributed by atoms with Crippen molar-refractivity contribution in [2.75, 3.05) is 6.54 Å². The van der Waals surface area contributed by atoms with Gasteiger partial charge < -0.3 is 10.1 Å². The zero-order valence-electron chi connectivity index (χ0n) is 12.7. The lowest BCUT2D eigenvalue weighted by Gasteiger charge is -2.10. The first-order valence-corrected chi connectivity index (χ1v) is 7.61. The maximum absolute atomic E-state index is 6.13. The zero-order valence-corrected chi connectivity index (χ0v) is 13.4. The maximum Gasteiger partial charge on any atom is 0.219 e. The number of pyridine rings is 1. The number of nitrogens with zero attached hydrogens (tertiary/aromatic N) is 1. The summed E-state index contributed by atoms with van der Waals surface area (Å²) in [6, 6.07) is 9.97. The minimum absolute atomic E-state index is 0.513. The van der Waals surface area contributed by atoms with Crippen LogP contribution in [-0.4, -0.2) is 11.5 Å². The van der Waals surface area contributed by atoms with E-state index in [0.717, 1.165) is 17.9 Å². The van der Waals surface area contributed by atoms with Crippen LogP contribution < -0.4 is 10.1 Å². The zero-order chi connectivity index (χ0) is 15.2. The molecule has 21 heavy (non-hydrogen) atoms. The van der Waals surface area contributed by atoms with Gasteiger partial charge in [0.05, 0.1) is 5.02 Å². The minimum Gasteiger partial charge on any atom is -0.439 e. The summed E-state index contributed by atoms with van der Waals surface area (Å²) in [4.78, 5) is 4.22. The van der Waals surface area contributed by atoms with Gasteiger partial charge in [0.1, 0.15) is 5.75 Å². The number of aromatic nitrogens is 1. The molecular formula is C17H21ClN2O. The van der Waals surface area contributed by atoms with Gasteiger partial charge in [-0.1, -0.05) is 44.5 Å². The van der Waals surface area contributed by atoms with Crippen molar-refractivity contribution in [1.29, 1.82) is 0 Å². The van der Waals surface area contributed by atoms with E-state index in [2.05, 4.69) is 43.2 Å². The van der Waals surface area contributed by atoms with E-state index in [1.165, 1.54) is 5.56 Å². The van der Waals surface area contributed by atoms with Crippen molar-refractivity contribution in [3.05, 3.63) is 52.7 Å². The Balaban J connectivity index is 2.11. The summed E-state index contributed by atoms with van der Waals surface area (Å²) in [6.45, 7) is 8.00. The Kier molecular flexibility index (Phi) is 5.59. The predicted molar refractivity (Wildman–Crippen MR) is 87.2 cm³/mol. The Morgan fingerprint density at radius 1 is 1.24 bits per heavy atom. The van der Waals surface area contributed by atoms with E-state index >= 15 is 0 Å². The molecule has 2 rings (SSSR count). The normalized spacial score (nSPS) is 10.9. The van der Waals surface area contributed by atoms with Crippen molar-refractivity contribution in [2.45, 2.75) is 33.2 Å². The second-order valence-corrected chi connectivity index (χ2v) is 5.63. The van der Waals surface area contributed by atoms with Crippen LogP contribution in [-0.2, 0) is 6.54 Å². The molecule has 0 aliphatic heterocycles. The number of nitrogens with one attached hydrogen (secondary N) is 1. The fraction of sp³-hybridized carbons (Fsp3) is 0.353. The van der Waals surface area contributed by atoms with Crippen LogP contribution >= 0.6 is 11.6 Å². The van der Waals surface area contributed by atoms with Gasteiger partial charge in [-0.25, -0.2) is 4.98 Å². The number of rotatable bonds is 6. The third-order valence-electron chi connectivity index (χ3n) is 3.24. The molecule has 0 unspecified atom stereocenters. The van der Waals surface area contributed by atoms with Crippen LogP contribution in [0.25, 0.3) is 0 Å². The monoisotopic (exact) mass is 304 g/mol. The number of halogens is 1. The van der Waals surface area contributed by atoms with E-state index in [4.69, 9.17) is 16.3 Å². The Bertz CT molecular complexity index is 582. The Hall–Kier alpha value is -1.58. The summed E-state index contributed by atoms with van der Waals surface area (Å²) in [5.74, 6) is 1.85. The summed E-state index contributed by atoms with van der Waals surface area (Å²) in [5.41, 5.74) is 2.28. The average molecular weight is 305 g/mol. The average Bonchev–Trinajstić information content (AvgIpc) is 2.48. The fourth-order valence-corrected chi connectivity index (χ4v) is 2.12. The second kappa shape index (κ2) is 7.43. The molecule has 0 aliphatic carbocycles. The van der Waals surface area contributed by atoms with Gasteiger partial charge in [0.2, 0.25) is 5.88 Å². The van der Waals surface area contributed by atoms with E-state index in [-0.39, 0.29) is 0 Å². The molecule has 1 N–H and O–H groups in total. The topological polar surface area (TPSA) is 34.1 Å². The number of hydrogen-bond donors (Lipinski definition) is 1. The quantitative estimate of drug-likeness (QED) is 0.835. The van der Waals surface area contributed by atoms with Gasteiger partial charge in [-0.15, -0.1) is 0 Å². The Morgan fingerprint density at radius 3 is 2.57 bits per heavy atom. The van der Waals surface area contributed by atoms with Crippen molar-refractivity contribution < 1.29 is 4.74 Å². The van der Waals surface area contributed by atoms with Gasteiger partial charge in [-0.05, 0) is 35.7 Å². The van der Waals surface area contributed by atoms with Crippen molar-refractivity contribution in [3.8, 4) is 11.6 Å². The van der Waals surface area contributed by atoms with Gasteiger partial charge in [-0.2, -0.15) is 0 Å². The molecule has 0 atom stereocenters. The lowest BCUT2D eigenvalue weighted by atomic mass is 10.0. The molecule has 0 bridgehead atoms. The van der Waals surface area contributed by atoms with Gasteiger partial charge >= 0.3 is 0 Å². The molecule has 1 aromatic heterocycles. The fourth-order valence-electron chi connectivity index (χ4n) is 1.95. The summed E-state index contributed by atoms with van der Waals surface area (Å²) < 4.78 is 5.79. The molecule has 0 radical (unpaired) electrons. The number of hydrogen-bond acceptors (Lipinski definition) is 3. The summed E-state index contributed by atoms with van der Waals surface area (Å²) in [5, 5.41) is 3.90. The van der Waals surface area contributed by atoms with Crippen LogP contribution in [0.2, 0.25) is 5.02 Å². The van der Waals surface area contributed by atoms with Crippen molar-refractivity contribution in [3.63, 3.8) is 0 Å². The molecular weight excluding hydrogens is 284 g/mol. The van der Waals surface area contributed by atoms with Gasteiger partial charge in [0.25, 0.3) is 0 Å². The number of benzene rings is 1. The third-order valence-corrected chi connectivity index (χ3v) is 3.58. The molecule has 2 aromatic rings. The molecule has 1 aromatic carbocycles. The van der Waals surface area contributed by atoms with Crippen molar-refractivity contribution in [1.82, 2.24) is 10.3 Å². The smallest absolute Gasteiger partial charge is 0.219 e. The van der Waals surface area contributed by atoms with Gasteiger partial charge in [0, 0.05) is 18.8 Å². The van der Waals surface area contributed by atoms with E-state index in [1.807, 2.05) is 18.2 Å². The molecule has 0 saturated heterocycles. The van der Waals surface area contributed by atoms with Gasteiger partial charge in [0.15, 0.2) is 0 Å². The summed E-state index contributed by atoms with van der Waals surface area (Å²) in [6.07, 6.45) is 1.63. The van der Waals surface area contributed by atoms with E-state index in [9.17, 15) is 0 Å². The predicted octanol–water partition coefficient (Wildman–Crippen LogP) is 4.76. The van der Waals surface area contributed by atoms with Gasteiger partial charge in [-0.3, -0.25) is 0 Å². The second-order valence-electron chi connectivity index (χ2n) is 5.22. The Morgan fingerprint density at radius 2 is 1.95 bits per heavy atom. The van der Waals surface area contributed by atoms with Crippen LogP contribution in [0.5, 0.6) is 11.6 Å². The first-order valence-electron chi connectivity index (χ1n) is 7.23. The Labute approximate surface area is 131 Å². The van der Waals surface area contributed by atoms with Crippen LogP contribution in [0.1, 0.15) is 37.8 Å². The van der Waals surface area contributed by atoms with Crippen LogP contribution in [0.3, 0.4) is 0 Å². The lowest BCUT2D eigenvalue weighted by molar-refractivity contribution is 0.461. The molecule has 0 amide bonds. The highest BCUT2D eigenvalue weighted by Crippen LogP contribution is 2.25. The summed E-state index contributed by atoms with van der Waals surface area (Å²) in [7, 11) is 0. The molecule has 4 heteroatoms. The first-order chi connectivity index (χ1) is 10.1. The highest BCUT2D eigenvalue weighted by molar-refractivity contribution is 6.31. The van der Waals surface area contributed by atoms with Crippen molar-refractivity contribution >= 4 is 11.6 Å². The maximum atomic E-state index is 6.13. The number of ether oxygens (including phenoxy) is 1. The highest BCUT2D eigenvalue weighted by atomic mass is 35.5. The van der Waals surface area contributed by atoms with Crippen LogP contribution in [0, 0.1) is 0 Å². The molecule has 0 spiro atoms. The van der Waals surface area contributed by atoms with E-state index in [0.29, 0.717) is 23.4 Å². The molecule has 3 nitrogen and oxygen atoms in total. The SMILES string of the molecule is CCNCc1cc(Oc2ccc(C(C)C)cc2)ncc1Cl. The molecule has 0 aliphatic rings. The van der Waals surface area contributed by atoms with Crippen LogP contribution in [0.15, 0.2) is 36.5 Å². The third kappa shape index (κ3) is 4.45. The molecule has 112 valence electrons. The first kappa shape index (κ1) is 15.8. The van der Waals surface area contributed by atoms with E-state index in [1.54, 1.807) is 6.20 Å². The summed E-state index contributed by atoms with van der Waals surface area (Å²) >= 11 is 6.13. The van der Waals surface area contributed by atoms with Crippen LogP contribution in [0.4, 0.5) is 0 Å². The largest absolute Gasteiger partial charge is 0.439 e. The lowest BCUT2D eigenvalue weighted by Crippen LogP contribution is -2.12. The molecule has 0 saturated carbocycles. The van der Waals surface area contributed by atoms with Crippen molar-refractivity contribution in [2.24, 2.45) is 0 Å². The molecule has 0 fully saturated rings. The molecule has 1 heterocycles.